The number of hydrogen-bond donors (Lipinski definition) is 2. The highest BCUT2D eigenvalue weighted by Gasteiger charge is 2.08. The molecule has 0 saturated heterocycles. The molecule has 15 heavy (non-hydrogen) atoms. The molecule has 2 rings (SSSR count). The zero-order valence-corrected chi connectivity index (χ0v) is 8.64. The monoisotopic (exact) mass is 202 g/mol. The van der Waals surface area contributed by atoms with Gasteiger partial charge in [-0.25, -0.2) is 0 Å². The topological polar surface area (TPSA) is 67.6 Å². The summed E-state index contributed by atoms with van der Waals surface area (Å²) in [6.45, 7) is 2.15. The Bertz CT molecular complexity index is 422. The predicted octanol–water partition coefficient (Wildman–Crippen LogP) is 1.73. The van der Waals surface area contributed by atoms with Crippen LogP contribution in [0.3, 0.4) is 0 Å². The van der Waals surface area contributed by atoms with Crippen LogP contribution in [0.25, 0.3) is 0 Å². The summed E-state index contributed by atoms with van der Waals surface area (Å²) in [6, 6.07) is 7.95. The Morgan fingerprint density at radius 2 is 2.33 bits per heavy atom. The lowest BCUT2D eigenvalue weighted by Crippen LogP contribution is -2.01. The van der Waals surface area contributed by atoms with Crippen molar-refractivity contribution in [2.24, 2.45) is 0 Å². The smallest absolute Gasteiger partial charge is 0.130 e. The maximum absolute atomic E-state index is 5.73. The van der Waals surface area contributed by atoms with Gasteiger partial charge >= 0.3 is 0 Å². The average molecular weight is 202 g/mol. The average Bonchev–Trinajstić information content (AvgIpc) is 2.70. The van der Waals surface area contributed by atoms with Crippen LogP contribution in [-0.2, 0) is 6.42 Å². The Hall–Kier alpha value is -1.84. The van der Waals surface area contributed by atoms with E-state index >= 15 is 0 Å². The second-order valence-electron chi connectivity index (χ2n) is 3.71. The van der Waals surface area contributed by atoms with Crippen LogP contribution in [0.15, 0.2) is 30.6 Å². The molecule has 1 aromatic heterocycles. The van der Waals surface area contributed by atoms with Crippen molar-refractivity contribution in [1.29, 1.82) is 0 Å². The number of aromatic amines is 1. The third kappa shape index (κ3) is 2.34. The van der Waals surface area contributed by atoms with Crippen LogP contribution in [0.5, 0.6) is 0 Å². The fourth-order valence-electron chi connectivity index (χ4n) is 1.60. The molecule has 4 nitrogen and oxygen atoms in total. The van der Waals surface area contributed by atoms with Crippen LogP contribution in [0.4, 0.5) is 5.69 Å². The molecule has 0 amide bonds. The van der Waals surface area contributed by atoms with Gasteiger partial charge in [-0.05, 0) is 23.6 Å². The minimum Gasteiger partial charge on any atom is -0.399 e. The van der Waals surface area contributed by atoms with Gasteiger partial charge in [-0.2, -0.15) is 0 Å². The van der Waals surface area contributed by atoms with E-state index in [1.165, 1.54) is 5.56 Å². The van der Waals surface area contributed by atoms with Crippen LogP contribution < -0.4 is 5.73 Å². The van der Waals surface area contributed by atoms with E-state index in [1.54, 1.807) is 6.33 Å². The van der Waals surface area contributed by atoms with E-state index in [-0.39, 0.29) is 0 Å². The van der Waals surface area contributed by atoms with Gasteiger partial charge in [0, 0.05) is 12.1 Å². The summed E-state index contributed by atoms with van der Waals surface area (Å²) < 4.78 is 0. The molecule has 78 valence electrons. The fraction of sp³-hybridized carbons (Fsp3) is 0.273. The molecule has 0 spiro atoms. The molecule has 1 unspecified atom stereocenters. The van der Waals surface area contributed by atoms with E-state index in [9.17, 15) is 0 Å². The Kier molecular flexibility index (Phi) is 2.67. The highest BCUT2D eigenvalue weighted by Crippen LogP contribution is 2.20. The second kappa shape index (κ2) is 4.13. The van der Waals surface area contributed by atoms with E-state index in [2.05, 4.69) is 28.2 Å². The summed E-state index contributed by atoms with van der Waals surface area (Å²) >= 11 is 0. The predicted molar refractivity (Wildman–Crippen MR) is 59.4 cm³/mol. The Morgan fingerprint density at radius 1 is 1.47 bits per heavy atom. The zero-order chi connectivity index (χ0) is 10.7. The van der Waals surface area contributed by atoms with Crippen molar-refractivity contribution in [2.75, 3.05) is 5.73 Å². The molecule has 0 fully saturated rings. The summed E-state index contributed by atoms with van der Waals surface area (Å²) in [5, 5.41) is 7.72. The molecule has 0 bridgehead atoms. The molecular weight excluding hydrogens is 188 g/mol. The van der Waals surface area contributed by atoms with E-state index in [0.717, 1.165) is 17.9 Å². The van der Waals surface area contributed by atoms with Crippen LogP contribution in [0.2, 0.25) is 0 Å². The van der Waals surface area contributed by atoms with Crippen molar-refractivity contribution in [3.8, 4) is 0 Å². The van der Waals surface area contributed by atoms with Crippen LogP contribution in [0.1, 0.15) is 24.2 Å². The quantitative estimate of drug-likeness (QED) is 0.745. The molecule has 3 N–H and O–H groups in total. The third-order valence-electron chi connectivity index (χ3n) is 2.45. The first kappa shape index (κ1) is 9.71. The summed E-state index contributed by atoms with van der Waals surface area (Å²) in [6.07, 6.45) is 2.45. The number of nitrogens with two attached hydrogens (primary N) is 1. The van der Waals surface area contributed by atoms with Crippen molar-refractivity contribution in [3.05, 3.63) is 42.0 Å². The van der Waals surface area contributed by atoms with Crippen LogP contribution >= 0.6 is 0 Å². The van der Waals surface area contributed by atoms with Gasteiger partial charge in [0.1, 0.15) is 12.2 Å². The minimum absolute atomic E-state index is 0.390. The van der Waals surface area contributed by atoms with E-state index in [4.69, 9.17) is 5.73 Å². The molecule has 4 heteroatoms. The highest BCUT2D eigenvalue weighted by molar-refractivity contribution is 5.41. The lowest BCUT2D eigenvalue weighted by Gasteiger charge is -2.10. The second-order valence-corrected chi connectivity index (χ2v) is 3.71. The minimum atomic E-state index is 0.390. The lowest BCUT2D eigenvalue weighted by atomic mass is 9.97. The van der Waals surface area contributed by atoms with Crippen molar-refractivity contribution in [3.63, 3.8) is 0 Å². The summed E-state index contributed by atoms with van der Waals surface area (Å²) in [5.74, 6) is 1.30. The standard InChI is InChI=1S/C11H14N4/c1-8(5-11-13-7-14-15-11)9-3-2-4-10(12)6-9/h2-4,6-8H,5,12H2,1H3,(H,13,14,15). The zero-order valence-electron chi connectivity index (χ0n) is 8.64. The van der Waals surface area contributed by atoms with Gasteiger partial charge in [-0.15, -0.1) is 10.2 Å². The molecule has 1 aromatic carbocycles. The number of nitrogens with one attached hydrogen (secondary N) is 1. The Morgan fingerprint density at radius 3 is 3.00 bits per heavy atom. The molecule has 0 saturated carbocycles. The lowest BCUT2D eigenvalue weighted by molar-refractivity contribution is 0.721. The number of aromatic nitrogens is 3. The van der Waals surface area contributed by atoms with Gasteiger partial charge in [0.05, 0.1) is 0 Å². The Labute approximate surface area is 88.5 Å². The van der Waals surface area contributed by atoms with Crippen molar-refractivity contribution in [1.82, 2.24) is 15.2 Å². The first-order chi connectivity index (χ1) is 7.25. The number of anilines is 1. The van der Waals surface area contributed by atoms with Crippen LogP contribution in [-0.4, -0.2) is 15.2 Å². The normalized spacial score (nSPS) is 12.6. The van der Waals surface area contributed by atoms with Crippen LogP contribution in [0, 0.1) is 0 Å². The van der Waals surface area contributed by atoms with E-state index < -0.39 is 0 Å². The number of H-pyrrole nitrogens is 1. The van der Waals surface area contributed by atoms with Crippen molar-refractivity contribution in [2.45, 2.75) is 19.3 Å². The largest absolute Gasteiger partial charge is 0.399 e. The van der Waals surface area contributed by atoms with E-state index in [1.807, 2.05) is 18.2 Å². The van der Waals surface area contributed by atoms with E-state index in [0.29, 0.717) is 5.92 Å². The first-order valence-corrected chi connectivity index (χ1v) is 4.96. The maximum atomic E-state index is 5.73. The fourth-order valence-corrected chi connectivity index (χ4v) is 1.60. The molecule has 1 heterocycles. The molecule has 2 aromatic rings. The van der Waals surface area contributed by atoms with Gasteiger partial charge in [0.2, 0.25) is 0 Å². The Balaban J connectivity index is 2.11. The number of benzene rings is 1. The molecule has 0 aliphatic rings. The number of nitrogen functional groups attached to an aromatic ring is 1. The molecule has 0 radical (unpaired) electrons. The summed E-state index contributed by atoms with van der Waals surface area (Å²) in [7, 11) is 0. The van der Waals surface area contributed by atoms with Crippen molar-refractivity contribution >= 4 is 5.69 Å². The van der Waals surface area contributed by atoms with Crippen molar-refractivity contribution < 1.29 is 0 Å². The molecular formula is C11H14N4. The van der Waals surface area contributed by atoms with Gasteiger partial charge in [-0.1, -0.05) is 19.1 Å². The molecule has 1 atom stereocenters. The molecule has 0 aliphatic carbocycles. The van der Waals surface area contributed by atoms with Gasteiger partial charge in [-0.3, -0.25) is 0 Å². The maximum Gasteiger partial charge on any atom is 0.130 e. The first-order valence-electron chi connectivity index (χ1n) is 4.96. The van der Waals surface area contributed by atoms with Gasteiger partial charge in [0.25, 0.3) is 0 Å². The summed E-state index contributed by atoms with van der Waals surface area (Å²) in [4.78, 5) is 3.00. The SMILES string of the molecule is CC(Cc1nnc[nH]1)c1cccc(N)c1. The molecule has 0 aliphatic heterocycles. The highest BCUT2D eigenvalue weighted by atomic mass is 15.2. The number of nitrogens with zero attached hydrogens (tertiary/aromatic N) is 2. The number of hydrogen-bond acceptors (Lipinski definition) is 3. The van der Waals surface area contributed by atoms with Gasteiger partial charge in [0.15, 0.2) is 0 Å². The number of rotatable bonds is 3. The summed E-state index contributed by atoms with van der Waals surface area (Å²) in [5.41, 5.74) is 7.76. The third-order valence-corrected chi connectivity index (χ3v) is 2.45. The van der Waals surface area contributed by atoms with Gasteiger partial charge < -0.3 is 10.7 Å².